The Labute approximate surface area is 61.0 Å². The Balaban J connectivity index is 3.60. The molecule has 3 nitrogen and oxygen atoms in total. The molecule has 0 aliphatic heterocycles. The molecule has 0 heterocycles. The van der Waals surface area contributed by atoms with Crippen molar-refractivity contribution < 1.29 is 9.63 Å². The number of hydrogen-bond acceptors (Lipinski definition) is 3. The van der Waals surface area contributed by atoms with Gasteiger partial charge in [0.05, 0.1) is 0 Å². The second kappa shape index (κ2) is 4.99. The zero-order valence-corrected chi connectivity index (χ0v) is 6.44. The van der Waals surface area contributed by atoms with Crippen LogP contribution in [0.25, 0.3) is 0 Å². The SMILES string of the molecule is C=C(CCC)C(=O)ONC. The van der Waals surface area contributed by atoms with E-state index in [1.807, 2.05) is 6.92 Å². The molecule has 0 amide bonds. The standard InChI is InChI=1S/C7H13NO2/c1-4-5-6(2)7(9)10-8-3/h8H,2,4-5H2,1,3H3. The van der Waals surface area contributed by atoms with Crippen LogP contribution in [0.1, 0.15) is 19.8 Å². The molecule has 1 N–H and O–H groups in total. The van der Waals surface area contributed by atoms with E-state index in [4.69, 9.17) is 0 Å². The summed E-state index contributed by atoms with van der Waals surface area (Å²) in [6.45, 7) is 5.53. The van der Waals surface area contributed by atoms with Gasteiger partial charge in [-0.25, -0.2) is 4.79 Å². The highest BCUT2D eigenvalue weighted by molar-refractivity contribution is 5.87. The maximum Gasteiger partial charge on any atom is 0.352 e. The van der Waals surface area contributed by atoms with E-state index in [1.54, 1.807) is 0 Å². The molecule has 0 saturated carbocycles. The fourth-order valence-electron chi connectivity index (χ4n) is 0.569. The lowest BCUT2D eigenvalue weighted by molar-refractivity contribution is -0.145. The summed E-state index contributed by atoms with van der Waals surface area (Å²) in [5.41, 5.74) is 2.81. The molecule has 0 unspecified atom stereocenters. The van der Waals surface area contributed by atoms with Crippen LogP contribution in [0.5, 0.6) is 0 Å². The van der Waals surface area contributed by atoms with E-state index in [0.717, 1.165) is 6.42 Å². The summed E-state index contributed by atoms with van der Waals surface area (Å²) in [6, 6.07) is 0. The van der Waals surface area contributed by atoms with Crippen LogP contribution in [0.4, 0.5) is 0 Å². The molecule has 10 heavy (non-hydrogen) atoms. The first-order chi connectivity index (χ1) is 4.72. The van der Waals surface area contributed by atoms with Crippen molar-refractivity contribution in [2.75, 3.05) is 7.05 Å². The average Bonchev–Trinajstić information content (AvgIpc) is 1.89. The smallest absolute Gasteiger partial charge is 0.352 e. The second-order valence-corrected chi connectivity index (χ2v) is 1.95. The van der Waals surface area contributed by atoms with Gasteiger partial charge in [0.1, 0.15) is 0 Å². The first-order valence-electron chi connectivity index (χ1n) is 3.28. The first-order valence-corrected chi connectivity index (χ1v) is 3.28. The van der Waals surface area contributed by atoms with Gasteiger partial charge in [-0.1, -0.05) is 19.9 Å². The van der Waals surface area contributed by atoms with Crippen molar-refractivity contribution in [2.24, 2.45) is 0 Å². The molecular weight excluding hydrogens is 130 g/mol. The van der Waals surface area contributed by atoms with E-state index in [9.17, 15) is 4.79 Å². The maximum atomic E-state index is 10.7. The normalized spacial score (nSPS) is 9.00. The molecule has 0 spiro atoms. The predicted molar refractivity (Wildman–Crippen MR) is 39.2 cm³/mol. The monoisotopic (exact) mass is 143 g/mol. The maximum absolute atomic E-state index is 10.7. The minimum absolute atomic E-state index is 0.371. The van der Waals surface area contributed by atoms with Crippen LogP contribution in [-0.2, 0) is 9.63 Å². The van der Waals surface area contributed by atoms with Gasteiger partial charge in [-0.05, 0) is 6.42 Å². The summed E-state index contributed by atoms with van der Waals surface area (Å²) < 4.78 is 0. The van der Waals surface area contributed by atoms with E-state index in [2.05, 4.69) is 16.9 Å². The van der Waals surface area contributed by atoms with Gasteiger partial charge < -0.3 is 4.84 Å². The van der Waals surface area contributed by atoms with Crippen LogP contribution < -0.4 is 5.48 Å². The molecule has 0 fully saturated rings. The van der Waals surface area contributed by atoms with Gasteiger partial charge in [0, 0.05) is 12.6 Å². The Hall–Kier alpha value is -0.830. The molecule has 0 rings (SSSR count). The Bertz CT molecular complexity index is 116. The Morgan fingerprint density at radius 1 is 1.70 bits per heavy atom. The van der Waals surface area contributed by atoms with E-state index >= 15 is 0 Å². The Morgan fingerprint density at radius 3 is 2.70 bits per heavy atom. The van der Waals surface area contributed by atoms with Crippen LogP contribution in [-0.4, -0.2) is 13.0 Å². The molecular formula is C7H13NO2. The predicted octanol–water partition coefficient (Wildman–Crippen LogP) is 1.02. The van der Waals surface area contributed by atoms with Crippen molar-refractivity contribution in [2.45, 2.75) is 19.8 Å². The van der Waals surface area contributed by atoms with Crippen LogP contribution in [0.3, 0.4) is 0 Å². The zero-order chi connectivity index (χ0) is 7.98. The van der Waals surface area contributed by atoms with Crippen LogP contribution in [0.2, 0.25) is 0 Å². The first kappa shape index (κ1) is 9.17. The molecule has 0 aromatic carbocycles. The average molecular weight is 143 g/mol. The van der Waals surface area contributed by atoms with Crippen molar-refractivity contribution in [3.05, 3.63) is 12.2 Å². The third-order valence-corrected chi connectivity index (χ3v) is 1.04. The number of hydroxylamine groups is 1. The van der Waals surface area contributed by atoms with Gasteiger partial charge in [-0.15, -0.1) is 0 Å². The highest BCUT2D eigenvalue weighted by Gasteiger charge is 2.05. The molecule has 0 aromatic heterocycles. The highest BCUT2D eigenvalue weighted by Crippen LogP contribution is 2.02. The number of rotatable bonds is 4. The van der Waals surface area contributed by atoms with E-state index in [1.165, 1.54) is 7.05 Å². The van der Waals surface area contributed by atoms with Crippen molar-refractivity contribution >= 4 is 5.97 Å². The Kier molecular flexibility index (Phi) is 4.58. The minimum Gasteiger partial charge on any atom is -0.367 e. The molecule has 0 radical (unpaired) electrons. The van der Waals surface area contributed by atoms with Crippen LogP contribution >= 0.6 is 0 Å². The topological polar surface area (TPSA) is 38.3 Å². The van der Waals surface area contributed by atoms with Gasteiger partial charge in [0.2, 0.25) is 0 Å². The lowest BCUT2D eigenvalue weighted by atomic mass is 10.2. The second-order valence-electron chi connectivity index (χ2n) is 1.95. The number of hydrogen-bond donors (Lipinski definition) is 1. The molecule has 0 aromatic rings. The van der Waals surface area contributed by atoms with Crippen molar-refractivity contribution in [3.8, 4) is 0 Å². The van der Waals surface area contributed by atoms with Crippen molar-refractivity contribution in [1.29, 1.82) is 0 Å². The molecule has 0 aliphatic carbocycles. The van der Waals surface area contributed by atoms with Crippen LogP contribution in [0, 0.1) is 0 Å². The van der Waals surface area contributed by atoms with E-state index < -0.39 is 0 Å². The number of nitrogens with one attached hydrogen (secondary N) is 1. The minimum atomic E-state index is -0.371. The summed E-state index contributed by atoms with van der Waals surface area (Å²) in [6.07, 6.45) is 1.61. The van der Waals surface area contributed by atoms with Gasteiger partial charge in [0.15, 0.2) is 0 Å². The van der Waals surface area contributed by atoms with Crippen molar-refractivity contribution in [3.63, 3.8) is 0 Å². The molecule has 0 bridgehead atoms. The van der Waals surface area contributed by atoms with Gasteiger partial charge in [0.25, 0.3) is 0 Å². The summed E-state index contributed by atoms with van der Waals surface area (Å²) in [4.78, 5) is 15.2. The van der Waals surface area contributed by atoms with Gasteiger partial charge in [-0.3, -0.25) is 0 Å². The van der Waals surface area contributed by atoms with Crippen LogP contribution in [0.15, 0.2) is 12.2 Å². The van der Waals surface area contributed by atoms with Gasteiger partial charge in [-0.2, -0.15) is 5.48 Å². The lowest BCUT2D eigenvalue weighted by Crippen LogP contribution is -2.16. The summed E-state index contributed by atoms with van der Waals surface area (Å²) in [5, 5.41) is 0. The van der Waals surface area contributed by atoms with E-state index in [-0.39, 0.29) is 5.97 Å². The molecule has 58 valence electrons. The molecule has 0 saturated heterocycles. The quantitative estimate of drug-likeness (QED) is 0.471. The summed E-state index contributed by atoms with van der Waals surface area (Å²) >= 11 is 0. The molecule has 0 atom stereocenters. The fraction of sp³-hybridized carbons (Fsp3) is 0.571. The van der Waals surface area contributed by atoms with E-state index in [0.29, 0.717) is 12.0 Å². The third-order valence-electron chi connectivity index (χ3n) is 1.04. The highest BCUT2D eigenvalue weighted by atomic mass is 16.7. The third kappa shape index (κ3) is 3.25. The number of carbonyl (C=O) groups is 1. The molecule has 0 aliphatic rings. The summed E-state index contributed by atoms with van der Waals surface area (Å²) in [5.74, 6) is -0.371. The fourth-order valence-corrected chi connectivity index (χ4v) is 0.569. The molecule has 3 heteroatoms. The zero-order valence-electron chi connectivity index (χ0n) is 6.44. The van der Waals surface area contributed by atoms with Crippen molar-refractivity contribution in [1.82, 2.24) is 5.48 Å². The number of carbonyl (C=O) groups excluding carboxylic acids is 1. The largest absolute Gasteiger partial charge is 0.367 e. The Morgan fingerprint density at radius 2 is 2.30 bits per heavy atom. The summed E-state index contributed by atoms with van der Waals surface area (Å²) in [7, 11) is 1.54. The lowest BCUT2D eigenvalue weighted by Gasteiger charge is -2.01. The van der Waals surface area contributed by atoms with Gasteiger partial charge >= 0.3 is 5.97 Å².